The Morgan fingerprint density at radius 2 is 2.05 bits per heavy atom. The van der Waals surface area contributed by atoms with E-state index in [1.807, 2.05) is 6.92 Å². The smallest absolute Gasteiger partial charge is 0.314 e. The quantitative estimate of drug-likeness (QED) is 0.714. The molecule has 0 aromatic rings. The molecule has 2 saturated carbocycles. The van der Waals surface area contributed by atoms with Gasteiger partial charge in [0.25, 0.3) is 0 Å². The molecule has 120 valence electrons. The average molecular weight is 298 g/mol. The standard InChI is InChI=1S/C16H26O5/c1-8-10-6-15(2,3)7-16(10,19)12-9(5-11(8)17)14(20-4)21-13(12)18/h8-12,14,17,19H,5-7H2,1-4H3/t8-,9+,10+,11-,12+,14-,16-/m1/s1. The second-order valence-corrected chi connectivity index (χ2v) is 7.99. The van der Waals surface area contributed by atoms with Crippen molar-refractivity contribution in [2.24, 2.45) is 29.1 Å². The van der Waals surface area contributed by atoms with Gasteiger partial charge in [-0.1, -0.05) is 20.8 Å². The molecule has 0 amide bonds. The summed E-state index contributed by atoms with van der Waals surface area (Å²) in [6, 6.07) is 0. The van der Waals surface area contributed by atoms with Crippen LogP contribution in [-0.2, 0) is 14.3 Å². The van der Waals surface area contributed by atoms with Crippen molar-refractivity contribution in [1.82, 2.24) is 0 Å². The first kappa shape index (κ1) is 15.3. The molecule has 0 aromatic carbocycles. The fourth-order valence-electron chi connectivity index (χ4n) is 5.14. The van der Waals surface area contributed by atoms with Crippen molar-refractivity contribution < 1.29 is 24.5 Å². The Labute approximate surface area is 125 Å². The Morgan fingerprint density at radius 1 is 1.38 bits per heavy atom. The van der Waals surface area contributed by atoms with Crippen molar-refractivity contribution in [3.8, 4) is 0 Å². The second kappa shape index (κ2) is 4.67. The first-order chi connectivity index (χ1) is 9.69. The second-order valence-electron chi connectivity index (χ2n) is 7.99. The SMILES string of the molecule is CO[C@@H]1OC(=O)[C@@H]2[C@@H]1C[C@@H](O)[C@H](C)[C@@H]1CC(C)(C)C[C@]21O. The highest BCUT2D eigenvalue weighted by molar-refractivity contribution is 5.77. The van der Waals surface area contributed by atoms with Gasteiger partial charge >= 0.3 is 5.97 Å². The molecular weight excluding hydrogens is 272 g/mol. The first-order valence-electron chi connectivity index (χ1n) is 7.83. The van der Waals surface area contributed by atoms with Crippen molar-refractivity contribution in [1.29, 1.82) is 0 Å². The molecule has 0 bridgehead atoms. The largest absolute Gasteiger partial charge is 0.435 e. The Hall–Kier alpha value is -0.650. The molecule has 5 nitrogen and oxygen atoms in total. The fourth-order valence-corrected chi connectivity index (χ4v) is 5.14. The van der Waals surface area contributed by atoms with Gasteiger partial charge in [0.05, 0.1) is 17.6 Å². The molecular formula is C16H26O5. The van der Waals surface area contributed by atoms with E-state index in [0.717, 1.165) is 6.42 Å². The van der Waals surface area contributed by atoms with Gasteiger partial charge in [-0.3, -0.25) is 4.79 Å². The van der Waals surface area contributed by atoms with Gasteiger partial charge in [0.2, 0.25) is 6.29 Å². The maximum atomic E-state index is 12.4. The molecule has 3 rings (SSSR count). The van der Waals surface area contributed by atoms with E-state index in [-0.39, 0.29) is 29.1 Å². The summed E-state index contributed by atoms with van der Waals surface area (Å²) >= 11 is 0. The molecule has 1 saturated heterocycles. The van der Waals surface area contributed by atoms with Crippen LogP contribution in [0.1, 0.15) is 40.0 Å². The monoisotopic (exact) mass is 298 g/mol. The minimum Gasteiger partial charge on any atom is -0.435 e. The third-order valence-electron chi connectivity index (χ3n) is 5.97. The van der Waals surface area contributed by atoms with Gasteiger partial charge in [-0.2, -0.15) is 0 Å². The highest BCUT2D eigenvalue weighted by atomic mass is 16.7. The van der Waals surface area contributed by atoms with Crippen LogP contribution < -0.4 is 0 Å². The predicted molar refractivity (Wildman–Crippen MR) is 75.1 cm³/mol. The summed E-state index contributed by atoms with van der Waals surface area (Å²) in [4.78, 5) is 12.4. The molecule has 1 heterocycles. The summed E-state index contributed by atoms with van der Waals surface area (Å²) in [5.41, 5.74) is -1.14. The number of carbonyl (C=O) groups excluding carboxylic acids is 1. The predicted octanol–water partition coefficient (Wildman–Crippen LogP) is 1.32. The fraction of sp³-hybridized carbons (Fsp3) is 0.938. The first-order valence-corrected chi connectivity index (χ1v) is 7.83. The van der Waals surface area contributed by atoms with Gasteiger partial charge in [-0.25, -0.2) is 0 Å². The molecule has 7 atom stereocenters. The van der Waals surface area contributed by atoms with E-state index in [1.165, 1.54) is 7.11 Å². The van der Waals surface area contributed by atoms with Gasteiger partial charge in [0, 0.05) is 13.0 Å². The van der Waals surface area contributed by atoms with Crippen LogP contribution in [0.15, 0.2) is 0 Å². The molecule has 3 fully saturated rings. The Kier molecular flexibility index (Phi) is 3.39. The zero-order valence-corrected chi connectivity index (χ0v) is 13.2. The number of aliphatic hydroxyl groups excluding tert-OH is 1. The number of fused-ring (bicyclic) bond motifs is 3. The number of hydrogen-bond donors (Lipinski definition) is 2. The third-order valence-corrected chi connectivity index (χ3v) is 5.97. The van der Waals surface area contributed by atoms with E-state index in [4.69, 9.17) is 9.47 Å². The van der Waals surface area contributed by atoms with Crippen molar-refractivity contribution in [2.45, 2.75) is 58.0 Å². The highest BCUT2D eigenvalue weighted by Gasteiger charge is 2.66. The maximum absolute atomic E-state index is 12.4. The normalized spacial score (nSPS) is 52.0. The summed E-state index contributed by atoms with van der Waals surface area (Å²) in [5, 5.41) is 21.9. The van der Waals surface area contributed by atoms with Crippen LogP contribution >= 0.6 is 0 Å². The van der Waals surface area contributed by atoms with Crippen molar-refractivity contribution >= 4 is 5.97 Å². The summed E-state index contributed by atoms with van der Waals surface area (Å²) < 4.78 is 10.6. The lowest BCUT2D eigenvalue weighted by Gasteiger charge is -2.36. The highest BCUT2D eigenvalue weighted by Crippen LogP contribution is 2.59. The van der Waals surface area contributed by atoms with Gasteiger partial charge < -0.3 is 19.7 Å². The number of aliphatic hydroxyl groups is 2. The Balaban J connectivity index is 2.06. The van der Waals surface area contributed by atoms with Crippen LogP contribution in [0.4, 0.5) is 0 Å². The van der Waals surface area contributed by atoms with Crippen LogP contribution in [0.5, 0.6) is 0 Å². The van der Waals surface area contributed by atoms with E-state index in [2.05, 4.69) is 13.8 Å². The minimum absolute atomic E-state index is 0.0346. The van der Waals surface area contributed by atoms with Gasteiger partial charge in [-0.05, 0) is 36.5 Å². The summed E-state index contributed by atoms with van der Waals surface area (Å²) in [6.45, 7) is 6.21. The minimum atomic E-state index is -1.10. The molecule has 1 aliphatic heterocycles. The van der Waals surface area contributed by atoms with Crippen LogP contribution in [0.2, 0.25) is 0 Å². The van der Waals surface area contributed by atoms with E-state index < -0.39 is 23.9 Å². The molecule has 0 aromatic heterocycles. The number of methoxy groups -OCH3 is 1. The van der Waals surface area contributed by atoms with Crippen molar-refractivity contribution in [2.75, 3.05) is 7.11 Å². The molecule has 2 N–H and O–H groups in total. The van der Waals surface area contributed by atoms with E-state index in [0.29, 0.717) is 12.8 Å². The lowest BCUT2D eigenvalue weighted by molar-refractivity contribution is -0.166. The lowest BCUT2D eigenvalue weighted by atomic mass is 9.72. The Morgan fingerprint density at radius 3 is 2.67 bits per heavy atom. The van der Waals surface area contributed by atoms with Crippen LogP contribution in [0.3, 0.4) is 0 Å². The Bertz CT molecular complexity index is 448. The van der Waals surface area contributed by atoms with Crippen LogP contribution in [0.25, 0.3) is 0 Å². The van der Waals surface area contributed by atoms with E-state index in [1.54, 1.807) is 0 Å². The van der Waals surface area contributed by atoms with E-state index >= 15 is 0 Å². The molecule has 3 aliphatic rings. The number of carbonyl (C=O) groups is 1. The summed E-state index contributed by atoms with van der Waals surface area (Å²) in [6.07, 6.45) is 0.619. The zero-order chi connectivity index (χ0) is 15.6. The molecule has 2 aliphatic carbocycles. The summed E-state index contributed by atoms with van der Waals surface area (Å²) in [5.74, 6) is -1.36. The van der Waals surface area contributed by atoms with Gasteiger partial charge in [0.1, 0.15) is 0 Å². The lowest BCUT2D eigenvalue weighted by Crippen LogP contribution is -2.47. The van der Waals surface area contributed by atoms with Crippen LogP contribution in [-0.4, -0.2) is 41.3 Å². The molecule has 0 unspecified atom stereocenters. The number of cyclic esters (lactones) is 1. The molecule has 21 heavy (non-hydrogen) atoms. The molecule has 0 radical (unpaired) electrons. The number of ether oxygens (including phenoxy) is 2. The molecule has 0 spiro atoms. The number of esters is 1. The summed E-state index contributed by atoms with van der Waals surface area (Å²) in [7, 11) is 1.50. The van der Waals surface area contributed by atoms with Crippen molar-refractivity contribution in [3.05, 3.63) is 0 Å². The third kappa shape index (κ3) is 2.13. The van der Waals surface area contributed by atoms with E-state index in [9.17, 15) is 15.0 Å². The topological polar surface area (TPSA) is 76.0 Å². The molecule has 5 heteroatoms. The van der Waals surface area contributed by atoms with Crippen molar-refractivity contribution in [3.63, 3.8) is 0 Å². The number of hydrogen-bond acceptors (Lipinski definition) is 5. The van der Waals surface area contributed by atoms with Gasteiger partial charge in [0.15, 0.2) is 0 Å². The zero-order valence-electron chi connectivity index (χ0n) is 13.2. The average Bonchev–Trinajstić information content (AvgIpc) is 2.80. The maximum Gasteiger partial charge on any atom is 0.314 e. The number of rotatable bonds is 1. The van der Waals surface area contributed by atoms with Crippen LogP contribution in [0, 0.1) is 29.1 Å². The van der Waals surface area contributed by atoms with Gasteiger partial charge in [-0.15, -0.1) is 0 Å².